The zero-order valence-corrected chi connectivity index (χ0v) is 8.68. The highest BCUT2D eigenvalue weighted by Crippen LogP contribution is 2.34. The van der Waals surface area contributed by atoms with Crippen LogP contribution >= 0.6 is 0 Å². The van der Waals surface area contributed by atoms with Gasteiger partial charge in [0.15, 0.2) is 24.6 Å². The molecule has 1 rings (SSSR count). The van der Waals surface area contributed by atoms with Crippen molar-refractivity contribution in [2.75, 3.05) is 13.9 Å². The van der Waals surface area contributed by atoms with Crippen molar-refractivity contribution in [3.05, 3.63) is 29.1 Å². The monoisotopic (exact) mass is 252 g/mol. The lowest BCUT2D eigenvalue weighted by Crippen LogP contribution is -2.09. The maximum absolute atomic E-state index is 13.4. The number of carbonyl (C=O) groups is 1. The van der Waals surface area contributed by atoms with Gasteiger partial charge in [-0.05, 0) is 12.1 Å². The summed E-state index contributed by atoms with van der Waals surface area (Å²) in [5.41, 5.74) is -1.88. The Hall–Kier alpha value is -1.63. The SMILES string of the molecule is COCOc1cc(C(F)(F)F)cc(C=O)c1F. The molecule has 0 saturated carbocycles. The summed E-state index contributed by atoms with van der Waals surface area (Å²) >= 11 is 0. The second kappa shape index (κ2) is 5.13. The number of aldehydes is 1. The van der Waals surface area contributed by atoms with Gasteiger partial charge in [-0.3, -0.25) is 4.79 Å². The van der Waals surface area contributed by atoms with Gasteiger partial charge in [0, 0.05) is 7.11 Å². The molecule has 0 amide bonds. The fourth-order valence-corrected chi connectivity index (χ4v) is 1.10. The zero-order chi connectivity index (χ0) is 13.1. The Morgan fingerprint density at radius 1 is 1.35 bits per heavy atom. The van der Waals surface area contributed by atoms with Crippen LogP contribution < -0.4 is 4.74 Å². The average molecular weight is 252 g/mol. The van der Waals surface area contributed by atoms with E-state index in [1.165, 1.54) is 7.11 Å². The summed E-state index contributed by atoms with van der Waals surface area (Å²) in [6.45, 7) is -0.420. The predicted octanol–water partition coefficient (Wildman–Crippen LogP) is 2.64. The topological polar surface area (TPSA) is 35.5 Å². The minimum absolute atomic E-state index is 0.00969. The van der Waals surface area contributed by atoms with Crippen molar-refractivity contribution < 1.29 is 31.8 Å². The molecule has 3 nitrogen and oxygen atoms in total. The summed E-state index contributed by atoms with van der Waals surface area (Å²) in [5, 5.41) is 0. The first kappa shape index (κ1) is 13.4. The number of carbonyl (C=O) groups excluding carboxylic acids is 1. The van der Waals surface area contributed by atoms with Crippen LogP contribution in [0.4, 0.5) is 17.6 Å². The molecule has 0 saturated heterocycles. The van der Waals surface area contributed by atoms with Crippen molar-refractivity contribution in [3.8, 4) is 5.75 Å². The molecule has 7 heteroatoms. The number of rotatable bonds is 4. The predicted molar refractivity (Wildman–Crippen MR) is 49.3 cm³/mol. The smallest absolute Gasteiger partial charge is 0.416 e. The molecule has 0 aliphatic carbocycles. The number of ether oxygens (including phenoxy) is 2. The lowest BCUT2D eigenvalue weighted by atomic mass is 10.1. The van der Waals surface area contributed by atoms with Gasteiger partial charge >= 0.3 is 6.18 Å². The molecule has 1 aromatic rings. The van der Waals surface area contributed by atoms with E-state index in [1.54, 1.807) is 0 Å². The van der Waals surface area contributed by atoms with Crippen LogP contribution in [0.3, 0.4) is 0 Å². The van der Waals surface area contributed by atoms with E-state index in [0.29, 0.717) is 12.1 Å². The van der Waals surface area contributed by atoms with E-state index in [4.69, 9.17) is 0 Å². The van der Waals surface area contributed by atoms with Crippen LogP contribution in [0.25, 0.3) is 0 Å². The molecule has 0 heterocycles. The summed E-state index contributed by atoms with van der Waals surface area (Å²) in [4.78, 5) is 10.4. The number of benzene rings is 1. The second-order valence-corrected chi connectivity index (χ2v) is 3.04. The van der Waals surface area contributed by atoms with Crippen molar-refractivity contribution in [2.24, 2.45) is 0 Å². The van der Waals surface area contributed by atoms with Gasteiger partial charge in [-0.15, -0.1) is 0 Å². The largest absolute Gasteiger partial charge is 0.464 e. The number of hydrogen-bond acceptors (Lipinski definition) is 3. The zero-order valence-electron chi connectivity index (χ0n) is 8.68. The standard InChI is InChI=1S/C10H8F4O3/c1-16-5-17-8-3-7(10(12,13)14)2-6(4-15)9(8)11/h2-4H,5H2,1H3. The van der Waals surface area contributed by atoms with E-state index in [2.05, 4.69) is 9.47 Å². The minimum atomic E-state index is -4.68. The molecule has 0 unspecified atom stereocenters. The van der Waals surface area contributed by atoms with Crippen LogP contribution in [0.15, 0.2) is 12.1 Å². The van der Waals surface area contributed by atoms with Crippen molar-refractivity contribution in [1.82, 2.24) is 0 Å². The molecule has 17 heavy (non-hydrogen) atoms. The number of alkyl halides is 3. The van der Waals surface area contributed by atoms with E-state index in [1.807, 2.05) is 0 Å². The van der Waals surface area contributed by atoms with Crippen molar-refractivity contribution in [1.29, 1.82) is 0 Å². The quantitative estimate of drug-likeness (QED) is 0.469. The molecule has 0 aliphatic rings. The van der Waals surface area contributed by atoms with Gasteiger partial charge in [0.1, 0.15) is 0 Å². The molecule has 0 N–H and O–H groups in total. The summed E-state index contributed by atoms with van der Waals surface area (Å²) in [6.07, 6.45) is -4.69. The number of halogens is 4. The van der Waals surface area contributed by atoms with Crippen LogP contribution in [0, 0.1) is 5.82 Å². The Morgan fingerprint density at radius 3 is 2.47 bits per heavy atom. The van der Waals surface area contributed by atoms with Gasteiger partial charge < -0.3 is 9.47 Å². The third kappa shape index (κ3) is 3.16. The fourth-order valence-electron chi connectivity index (χ4n) is 1.10. The molecule has 0 spiro atoms. The minimum Gasteiger partial charge on any atom is -0.464 e. The first-order valence-corrected chi connectivity index (χ1v) is 4.37. The highest BCUT2D eigenvalue weighted by atomic mass is 19.4. The Balaban J connectivity index is 3.23. The molecule has 0 atom stereocenters. The lowest BCUT2D eigenvalue weighted by molar-refractivity contribution is -0.137. The Bertz CT molecular complexity index is 415. The molecule has 0 aromatic heterocycles. The Labute approximate surface area is 93.9 Å². The highest BCUT2D eigenvalue weighted by molar-refractivity contribution is 5.76. The second-order valence-electron chi connectivity index (χ2n) is 3.04. The average Bonchev–Trinajstić information content (AvgIpc) is 2.26. The van der Waals surface area contributed by atoms with E-state index >= 15 is 0 Å². The normalized spacial score (nSPS) is 11.4. The van der Waals surface area contributed by atoms with Crippen LogP contribution in [0.5, 0.6) is 5.75 Å². The van der Waals surface area contributed by atoms with Gasteiger partial charge in [0.25, 0.3) is 0 Å². The van der Waals surface area contributed by atoms with Crippen molar-refractivity contribution in [2.45, 2.75) is 6.18 Å². The summed E-state index contributed by atoms with van der Waals surface area (Å²) in [7, 11) is 1.23. The van der Waals surface area contributed by atoms with Gasteiger partial charge in [0.2, 0.25) is 0 Å². The first-order chi connectivity index (χ1) is 7.90. The summed E-state index contributed by atoms with van der Waals surface area (Å²) in [5.74, 6) is -1.83. The Morgan fingerprint density at radius 2 is 2.00 bits per heavy atom. The molecule has 94 valence electrons. The molecule has 0 radical (unpaired) electrons. The van der Waals surface area contributed by atoms with Gasteiger partial charge in [0.05, 0.1) is 11.1 Å². The molecule has 0 bridgehead atoms. The van der Waals surface area contributed by atoms with Crippen LogP contribution in [0.2, 0.25) is 0 Å². The van der Waals surface area contributed by atoms with E-state index in [9.17, 15) is 22.4 Å². The molecule has 1 aromatic carbocycles. The van der Waals surface area contributed by atoms with Crippen molar-refractivity contribution >= 4 is 6.29 Å². The molecular weight excluding hydrogens is 244 g/mol. The van der Waals surface area contributed by atoms with E-state index < -0.39 is 35.7 Å². The third-order valence-corrected chi connectivity index (χ3v) is 1.85. The Kier molecular flexibility index (Phi) is 4.06. The third-order valence-electron chi connectivity index (χ3n) is 1.85. The van der Waals surface area contributed by atoms with Crippen LogP contribution in [-0.4, -0.2) is 20.2 Å². The summed E-state index contributed by atoms with van der Waals surface area (Å²) in [6, 6.07) is 0.892. The molecule has 0 fully saturated rings. The maximum Gasteiger partial charge on any atom is 0.416 e. The molecule has 0 aliphatic heterocycles. The highest BCUT2D eigenvalue weighted by Gasteiger charge is 2.32. The van der Waals surface area contributed by atoms with Gasteiger partial charge in [-0.25, -0.2) is 4.39 Å². The van der Waals surface area contributed by atoms with Crippen LogP contribution in [-0.2, 0) is 10.9 Å². The van der Waals surface area contributed by atoms with Gasteiger partial charge in [-0.1, -0.05) is 0 Å². The summed E-state index contributed by atoms with van der Waals surface area (Å²) < 4.78 is 59.7. The van der Waals surface area contributed by atoms with Gasteiger partial charge in [-0.2, -0.15) is 13.2 Å². The fraction of sp³-hybridized carbons (Fsp3) is 0.300. The maximum atomic E-state index is 13.4. The van der Waals surface area contributed by atoms with E-state index in [0.717, 1.165) is 0 Å². The van der Waals surface area contributed by atoms with Crippen molar-refractivity contribution in [3.63, 3.8) is 0 Å². The number of hydrogen-bond donors (Lipinski definition) is 0. The first-order valence-electron chi connectivity index (χ1n) is 4.37. The van der Waals surface area contributed by atoms with Crippen LogP contribution in [0.1, 0.15) is 15.9 Å². The number of methoxy groups -OCH3 is 1. The van der Waals surface area contributed by atoms with E-state index in [-0.39, 0.29) is 6.29 Å². The lowest BCUT2D eigenvalue weighted by Gasteiger charge is -2.12. The molecular formula is C10H8F4O3.